The quantitative estimate of drug-likeness (QED) is 0.665. The number of H-pyrrole nitrogens is 1. The molecule has 0 spiro atoms. The molecule has 106 valence electrons. The van der Waals surface area contributed by atoms with Gasteiger partial charge in [-0.3, -0.25) is 4.79 Å². The van der Waals surface area contributed by atoms with E-state index in [4.69, 9.17) is 10.5 Å². The fourth-order valence-corrected chi connectivity index (χ4v) is 1.81. The highest BCUT2D eigenvalue weighted by molar-refractivity contribution is 5.72. The molecule has 0 aliphatic heterocycles. The molecule has 0 fully saturated rings. The van der Waals surface area contributed by atoms with Gasteiger partial charge in [-0.15, -0.1) is 0 Å². The van der Waals surface area contributed by atoms with Crippen molar-refractivity contribution in [2.24, 2.45) is 0 Å². The highest BCUT2D eigenvalue weighted by Gasteiger charge is 2.17. The standard InChI is InChI=1S/C15H19N3O2/c1-15(2,3)20-14(19)8-13-17-9-12(18-13)10-5-4-6-11(16)7-10/h4-7,9H,8,16H2,1-3H3,(H,17,18). The Morgan fingerprint density at radius 3 is 2.80 bits per heavy atom. The number of carbonyl (C=O) groups excluding carboxylic acids is 1. The van der Waals surface area contributed by atoms with E-state index in [2.05, 4.69) is 9.97 Å². The summed E-state index contributed by atoms with van der Waals surface area (Å²) in [6.07, 6.45) is 1.88. The first-order valence-electron chi connectivity index (χ1n) is 6.45. The fourth-order valence-electron chi connectivity index (χ4n) is 1.81. The van der Waals surface area contributed by atoms with Crippen molar-refractivity contribution in [3.8, 4) is 11.3 Å². The van der Waals surface area contributed by atoms with Crippen LogP contribution in [0.5, 0.6) is 0 Å². The van der Waals surface area contributed by atoms with Crippen molar-refractivity contribution in [2.75, 3.05) is 5.73 Å². The first kappa shape index (κ1) is 14.1. The lowest BCUT2D eigenvalue weighted by Crippen LogP contribution is -2.25. The molecular formula is C15H19N3O2. The summed E-state index contributed by atoms with van der Waals surface area (Å²) in [7, 11) is 0. The van der Waals surface area contributed by atoms with Gasteiger partial charge in [-0.25, -0.2) is 4.98 Å². The molecule has 0 atom stereocenters. The highest BCUT2D eigenvalue weighted by Crippen LogP contribution is 2.19. The van der Waals surface area contributed by atoms with Crippen molar-refractivity contribution in [1.29, 1.82) is 0 Å². The molecule has 0 amide bonds. The van der Waals surface area contributed by atoms with Gasteiger partial charge in [0, 0.05) is 17.4 Å². The Morgan fingerprint density at radius 1 is 1.40 bits per heavy atom. The van der Waals surface area contributed by atoms with E-state index in [1.807, 2.05) is 45.0 Å². The Balaban J connectivity index is 2.08. The molecule has 0 bridgehead atoms. The van der Waals surface area contributed by atoms with E-state index in [9.17, 15) is 4.79 Å². The van der Waals surface area contributed by atoms with Gasteiger partial charge >= 0.3 is 5.97 Å². The fraction of sp³-hybridized carbons (Fsp3) is 0.333. The predicted octanol–water partition coefficient (Wildman–Crippen LogP) is 2.54. The van der Waals surface area contributed by atoms with Gasteiger partial charge in [0.15, 0.2) is 0 Å². The Labute approximate surface area is 118 Å². The molecule has 3 N–H and O–H groups in total. The number of nitrogens with zero attached hydrogens (tertiary/aromatic N) is 1. The van der Waals surface area contributed by atoms with Crippen LogP contribution >= 0.6 is 0 Å². The second-order valence-electron chi connectivity index (χ2n) is 5.62. The predicted molar refractivity (Wildman–Crippen MR) is 78.0 cm³/mol. The maximum absolute atomic E-state index is 11.7. The minimum atomic E-state index is -0.486. The minimum Gasteiger partial charge on any atom is -0.460 e. The number of nitrogen functional groups attached to an aromatic ring is 1. The summed E-state index contributed by atoms with van der Waals surface area (Å²) in [5, 5.41) is 0. The maximum Gasteiger partial charge on any atom is 0.313 e. The number of carbonyl (C=O) groups is 1. The molecule has 2 rings (SSSR count). The van der Waals surface area contributed by atoms with Crippen LogP contribution in [0.4, 0.5) is 5.69 Å². The molecule has 0 aliphatic rings. The summed E-state index contributed by atoms with van der Waals surface area (Å²) in [4.78, 5) is 19.1. The van der Waals surface area contributed by atoms with Gasteiger partial charge in [-0.2, -0.15) is 0 Å². The molecule has 1 aromatic heterocycles. The number of aromatic nitrogens is 2. The molecular weight excluding hydrogens is 254 g/mol. The number of nitrogens with one attached hydrogen (secondary N) is 1. The number of rotatable bonds is 3. The summed E-state index contributed by atoms with van der Waals surface area (Å²) < 4.78 is 5.26. The average Bonchev–Trinajstić information content (AvgIpc) is 2.74. The van der Waals surface area contributed by atoms with Gasteiger partial charge in [0.1, 0.15) is 17.8 Å². The van der Waals surface area contributed by atoms with E-state index in [1.165, 1.54) is 0 Å². The third-order valence-corrected chi connectivity index (χ3v) is 2.55. The summed E-state index contributed by atoms with van der Waals surface area (Å²) in [6.45, 7) is 5.52. The van der Waals surface area contributed by atoms with Gasteiger partial charge in [-0.1, -0.05) is 12.1 Å². The second kappa shape index (κ2) is 5.36. The number of esters is 1. The average molecular weight is 273 g/mol. The van der Waals surface area contributed by atoms with E-state index in [1.54, 1.807) is 6.20 Å². The third-order valence-electron chi connectivity index (χ3n) is 2.55. The molecule has 0 aliphatic carbocycles. The number of benzene rings is 1. The van der Waals surface area contributed by atoms with Crippen LogP contribution in [-0.2, 0) is 16.0 Å². The zero-order chi connectivity index (χ0) is 14.8. The lowest BCUT2D eigenvalue weighted by molar-refractivity contribution is -0.154. The van der Waals surface area contributed by atoms with Crippen molar-refractivity contribution in [2.45, 2.75) is 32.8 Å². The van der Waals surface area contributed by atoms with E-state index in [0.29, 0.717) is 11.5 Å². The Morgan fingerprint density at radius 2 is 2.15 bits per heavy atom. The molecule has 2 aromatic rings. The van der Waals surface area contributed by atoms with Gasteiger partial charge in [0.2, 0.25) is 0 Å². The van der Waals surface area contributed by atoms with Crippen LogP contribution in [0.2, 0.25) is 0 Å². The van der Waals surface area contributed by atoms with Crippen molar-refractivity contribution < 1.29 is 9.53 Å². The number of imidazole rings is 1. The molecule has 0 radical (unpaired) electrons. The molecule has 0 unspecified atom stereocenters. The van der Waals surface area contributed by atoms with Crippen LogP contribution in [0.3, 0.4) is 0 Å². The number of aromatic amines is 1. The molecule has 1 aromatic carbocycles. The zero-order valence-electron chi connectivity index (χ0n) is 11.9. The molecule has 0 saturated heterocycles. The third kappa shape index (κ3) is 3.85. The number of ether oxygens (including phenoxy) is 1. The zero-order valence-corrected chi connectivity index (χ0v) is 11.9. The Bertz CT molecular complexity index is 612. The van der Waals surface area contributed by atoms with E-state index >= 15 is 0 Å². The smallest absolute Gasteiger partial charge is 0.313 e. The van der Waals surface area contributed by atoms with Gasteiger partial charge in [-0.05, 0) is 32.9 Å². The van der Waals surface area contributed by atoms with Gasteiger partial charge < -0.3 is 15.5 Å². The van der Waals surface area contributed by atoms with Crippen molar-refractivity contribution in [3.05, 3.63) is 36.3 Å². The summed E-state index contributed by atoms with van der Waals surface area (Å²) >= 11 is 0. The lowest BCUT2D eigenvalue weighted by Gasteiger charge is -2.18. The summed E-state index contributed by atoms with van der Waals surface area (Å²) in [6, 6.07) is 7.45. The van der Waals surface area contributed by atoms with E-state index < -0.39 is 5.60 Å². The summed E-state index contributed by atoms with van der Waals surface area (Å²) in [5.41, 5.74) is 7.61. The molecule has 1 heterocycles. The topological polar surface area (TPSA) is 81.0 Å². The molecule has 20 heavy (non-hydrogen) atoms. The van der Waals surface area contributed by atoms with Crippen LogP contribution < -0.4 is 5.73 Å². The highest BCUT2D eigenvalue weighted by atomic mass is 16.6. The summed E-state index contributed by atoms with van der Waals surface area (Å²) in [5.74, 6) is 0.280. The minimum absolute atomic E-state index is 0.125. The van der Waals surface area contributed by atoms with Gasteiger partial charge in [0.25, 0.3) is 0 Å². The second-order valence-corrected chi connectivity index (χ2v) is 5.62. The molecule has 0 saturated carbocycles. The SMILES string of the molecule is CC(C)(C)OC(=O)Cc1nc(-c2cccc(N)c2)c[nH]1. The Hall–Kier alpha value is -2.30. The maximum atomic E-state index is 11.7. The van der Waals surface area contributed by atoms with Crippen molar-refractivity contribution in [1.82, 2.24) is 9.97 Å². The largest absolute Gasteiger partial charge is 0.460 e. The first-order valence-corrected chi connectivity index (χ1v) is 6.45. The first-order chi connectivity index (χ1) is 9.33. The van der Waals surface area contributed by atoms with E-state index in [-0.39, 0.29) is 12.4 Å². The monoisotopic (exact) mass is 273 g/mol. The molecule has 5 nitrogen and oxygen atoms in total. The normalized spacial score (nSPS) is 11.3. The van der Waals surface area contributed by atoms with Crippen LogP contribution in [0.1, 0.15) is 26.6 Å². The van der Waals surface area contributed by atoms with Gasteiger partial charge in [0.05, 0.1) is 5.69 Å². The van der Waals surface area contributed by atoms with E-state index in [0.717, 1.165) is 11.3 Å². The number of hydrogen-bond donors (Lipinski definition) is 2. The number of nitrogens with two attached hydrogens (primary N) is 1. The van der Waals surface area contributed by atoms with Crippen LogP contribution in [0.15, 0.2) is 30.5 Å². The van der Waals surface area contributed by atoms with Crippen molar-refractivity contribution >= 4 is 11.7 Å². The molecule has 5 heteroatoms. The Kier molecular flexibility index (Phi) is 3.79. The van der Waals surface area contributed by atoms with Crippen LogP contribution in [-0.4, -0.2) is 21.5 Å². The number of hydrogen-bond acceptors (Lipinski definition) is 4. The van der Waals surface area contributed by atoms with Crippen LogP contribution in [0.25, 0.3) is 11.3 Å². The number of anilines is 1. The lowest BCUT2D eigenvalue weighted by atomic mass is 10.1. The van der Waals surface area contributed by atoms with Crippen molar-refractivity contribution in [3.63, 3.8) is 0 Å². The van der Waals surface area contributed by atoms with Crippen LogP contribution in [0, 0.1) is 0 Å².